The van der Waals surface area contributed by atoms with Crippen molar-refractivity contribution in [3.8, 4) is 0 Å². The average Bonchev–Trinajstić information content (AvgIpc) is 3.31. The zero-order valence-electron chi connectivity index (χ0n) is 17.6. The van der Waals surface area contributed by atoms with Gasteiger partial charge in [-0.3, -0.25) is 9.69 Å². The number of benzene rings is 1. The van der Waals surface area contributed by atoms with Crippen molar-refractivity contribution < 1.29 is 13.6 Å². The Morgan fingerprint density at radius 1 is 1.21 bits per heavy atom. The summed E-state index contributed by atoms with van der Waals surface area (Å²) in [5.41, 5.74) is 3.88. The van der Waals surface area contributed by atoms with Gasteiger partial charge < -0.3 is 14.2 Å². The van der Waals surface area contributed by atoms with E-state index in [1.165, 1.54) is 6.42 Å². The van der Waals surface area contributed by atoms with Gasteiger partial charge in [0.15, 0.2) is 0 Å². The summed E-state index contributed by atoms with van der Waals surface area (Å²) in [6, 6.07) is 2.38. The molecule has 1 aromatic carbocycles. The Hall–Kier alpha value is -2.60. The highest BCUT2D eigenvalue weighted by Crippen LogP contribution is 2.32. The molecule has 0 spiro atoms. The maximum absolute atomic E-state index is 12.7. The minimum absolute atomic E-state index is 0.0321. The van der Waals surface area contributed by atoms with E-state index in [0.717, 1.165) is 52.6 Å². The van der Waals surface area contributed by atoms with Crippen molar-refractivity contribution >= 4 is 27.8 Å². The summed E-state index contributed by atoms with van der Waals surface area (Å²) in [6.07, 6.45) is 4.01. The van der Waals surface area contributed by atoms with Gasteiger partial charge in [0.1, 0.15) is 11.2 Å². The highest BCUT2D eigenvalue weighted by molar-refractivity contribution is 6.00. The first-order chi connectivity index (χ1) is 13.9. The molecule has 1 atom stereocenters. The molecule has 0 aliphatic carbocycles. The molecule has 3 aromatic rings. The van der Waals surface area contributed by atoms with Gasteiger partial charge in [0.2, 0.25) is 5.91 Å². The Balaban J connectivity index is 1.62. The topological polar surface area (TPSA) is 75.7 Å². The van der Waals surface area contributed by atoms with Crippen molar-refractivity contribution in [2.45, 2.75) is 53.0 Å². The molecule has 6 nitrogen and oxygen atoms in total. The molecule has 29 heavy (non-hydrogen) atoms. The highest BCUT2D eigenvalue weighted by Gasteiger charge is 2.24. The normalized spacial score (nSPS) is 17.4. The number of aryl methyl sites for hydroxylation is 3. The van der Waals surface area contributed by atoms with Gasteiger partial charge in [-0.05, 0) is 63.9 Å². The number of carbonyl (C=O) groups excluding carboxylic acids is 1. The second-order valence-electron chi connectivity index (χ2n) is 8.07. The van der Waals surface area contributed by atoms with Crippen LogP contribution in [0.1, 0.15) is 42.0 Å². The van der Waals surface area contributed by atoms with Gasteiger partial charge in [0, 0.05) is 28.9 Å². The highest BCUT2D eigenvalue weighted by atomic mass is 16.4. The maximum atomic E-state index is 12.7. The van der Waals surface area contributed by atoms with Crippen LogP contribution in [0.2, 0.25) is 0 Å². The first kappa shape index (κ1) is 19.7. The van der Waals surface area contributed by atoms with E-state index in [1.807, 2.05) is 26.8 Å². The zero-order valence-corrected chi connectivity index (χ0v) is 17.6. The lowest BCUT2D eigenvalue weighted by atomic mass is 9.99. The van der Waals surface area contributed by atoms with Crippen LogP contribution in [0, 0.1) is 20.8 Å². The van der Waals surface area contributed by atoms with Crippen LogP contribution in [-0.2, 0) is 11.2 Å². The van der Waals surface area contributed by atoms with Crippen molar-refractivity contribution in [1.82, 2.24) is 10.2 Å². The van der Waals surface area contributed by atoms with E-state index in [2.05, 4.69) is 17.1 Å². The van der Waals surface area contributed by atoms with Crippen LogP contribution in [-0.4, -0.2) is 36.5 Å². The number of likely N-dealkylation sites (tertiary alicyclic amines) is 1. The van der Waals surface area contributed by atoms with Gasteiger partial charge in [-0.1, -0.05) is 6.92 Å². The number of hydrogen-bond donors (Lipinski definition) is 1. The minimum atomic E-state index is -0.452. The van der Waals surface area contributed by atoms with Gasteiger partial charge in [0.05, 0.1) is 18.2 Å². The molecule has 1 aliphatic heterocycles. The third kappa shape index (κ3) is 3.46. The number of amides is 1. The molecule has 3 heterocycles. The second-order valence-corrected chi connectivity index (χ2v) is 8.07. The largest absolute Gasteiger partial charge is 0.464 e. The van der Waals surface area contributed by atoms with Gasteiger partial charge in [-0.2, -0.15) is 0 Å². The number of nitrogens with zero attached hydrogens (tertiary/aromatic N) is 1. The van der Waals surface area contributed by atoms with Crippen LogP contribution in [0.3, 0.4) is 0 Å². The molecule has 1 unspecified atom stereocenters. The zero-order chi connectivity index (χ0) is 20.7. The number of furan rings is 1. The predicted octanol–water partition coefficient (Wildman–Crippen LogP) is 3.61. The molecule has 154 valence electrons. The Morgan fingerprint density at radius 2 is 2.00 bits per heavy atom. The third-order valence-corrected chi connectivity index (χ3v) is 6.31. The second kappa shape index (κ2) is 7.67. The van der Waals surface area contributed by atoms with Crippen LogP contribution in [0.5, 0.6) is 0 Å². The van der Waals surface area contributed by atoms with E-state index in [-0.39, 0.29) is 12.3 Å². The van der Waals surface area contributed by atoms with E-state index >= 15 is 0 Å². The third-order valence-electron chi connectivity index (χ3n) is 6.31. The Morgan fingerprint density at radius 3 is 2.76 bits per heavy atom. The number of rotatable bonds is 5. The molecule has 2 aromatic heterocycles. The monoisotopic (exact) mass is 396 g/mol. The molecule has 0 bridgehead atoms. The van der Waals surface area contributed by atoms with E-state index < -0.39 is 5.63 Å². The summed E-state index contributed by atoms with van der Waals surface area (Å²) >= 11 is 0. The van der Waals surface area contributed by atoms with Crippen molar-refractivity contribution in [3.63, 3.8) is 0 Å². The summed E-state index contributed by atoms with van der Waals surface area (Å²) in [7, 11) is 0. The van der Waals surface area contributed by atoms with E-state index in [4.69, 9.17) is 8.83 Å². The molecule has 4 rings (SSSR count). The van der Waals surface area contributed by atoms with Crippen LogP contribution >= 0.6 is 0 Å². The molecule has 1 N–H and O–H groups in total. The fraction of sp³-hybridized carbons (Fsp3) is 0.478. The van der Waals surface area contributed by atoms with E-state index in [9.17, 15) is 9.59 Å². The fourth-order valence-corrected chi connectivity index (χ4v) is 4.52. The van der Waals surface area contributed by atoms with Gasteiger partial charge in [-0.25, -0.2) is 4.79 Å². The van der Waals surface area contributed by atoms with E-state index in [1.54, 1.807) is 6.26 Å². The molecule has 0 radical (unpaired) electrons. The molecule has 1 fully saturated rings. The lowest BCUT2D eigenvalue weighted by molar-refractivity contribution is -0.120. The summed E-state index contributed by atoms with van der Waals surface area (Å²) in [6.45, 7) is 10.6. The smallest absolute Gasteiger partial charge is 0.340 e. The van der Waals surface area contributed by atoms with Gasteiger partial charge in [0.25, 0.3) is 0 Å². The number of likely N-dealkylation sites (N-methyl/N-ethyl adjacent to an activating group) is 1. The molecule has 1 saturated heterocycles. The van der Waals surface area contributed by atoms with Crippen LogP contribution in [0.15, 0.2) is 26.0 Å². The molecule has 1 amide bonds. The van der Waals surface area contributed by atoms with Crippen LogP contribution in [0.25, 0.3) is 21.9 Å². The summed E-state index contributed by atoms with van der Waals surface area (Å²) in [4.78, 5) is 27.6. The number of carbonyl (C=O) groups is 1. The molecule has 0 saturated carbocycles. The molecule has 1 aliphatic rings. The number of hydrogen-bond acceptors (Lipinski definition) is 5. The van der Waals surface area contributed by atoms with Crippen molar-refractivity contribution in [2.24, 2.45) is 0 Å². The predicted molar refractivity (Wildman–Crippen MR) is 113 cm³/mol. The maximum Gasteiger partial charge on any atom is 0.340 e. The summed E-state index contributed by atoms with van der Waals surface area (Å²) in [5, 5.41) is 4.87. The van der Waals surface area contributed by atoms with E-state index in [0.29, 0.717) is 23.7 Å². The van der Waals surface area contributed by atoms with Crippen LogP contribution in [0.4, 0.5) is 0 Å². The average molecular weight is 396 g/mol. The molecular weight excluding hydrogens is 368 g/mol. The minimum Gasteiger partial charge on any atom is -0.464 e. The Labute approximate surface area is 169 Å². The SMILES string of the molecule is CCN1CCCC1CNC(=O)Cc1c(C)c2cc3c(C)coc3c(C)c2oc1=O. The van der Waals surface area contributed by atoms with Gasteiger partial charge >= 0.3 is 5.63 Å². The quantitative estimate of drug-likeness (QED) is 0.667. The lowest BCUT2D eigenvalue weighted by Gasteiger charge is -2.22. The Bertz CT molecular complexity index is 1140. The number of nitrogens with one attached hydrogen (secondary N) is 1. The van der Waals surface area contributed by atoms with Crippen molar-refractivity contribution in [3.05, 3.63) is 45.0 Å². The first-order valence-electron chi connectivity index (χ1n) is 10.3. The van der Waals surface area contributed by atoms with Crippen molar-refractivity contribution in [2.75, 3.05) is 19.6 Å². The van der Waals surface area contributed by atoms with Crippen LogP contribution < -0.4 is 10.9 Å². The lowest BCUT2D eigenvalue weighted by Crippen LogP contribution is -2.40. The van der Waals surface area contributed by atoms with Gasteiger partial charge in [-0.15, -0.1) is 0 Å². The standard InChI is InChI=1S/C23H28N2O4/c1-5-25-8-6-7-16(25)11-24-20(26)10-19-14(3)18-9-17-13(2)12-28-21(17)15(4)22(18)29-23(19)27/h9,12,16H,5-8,10-11H2,1-4H3,(H,24,26). The molecular formula is C23H28N2O4. The summed E-state index contributed by atoms with van der Waals surface area (Å²) in [5.74, 6) is -0.139. The first-order valence-corrected chi connectivity index (χ1v) is 10.3. The van der Waals surface area contributed by atoms with Crippen molar-refractivity contribution in [1.29, 1.82) is 0 Å². The molecule has 6 heteroatoms. The Kier molecular flexibility index (Phi) is 5.21. The number of fused-ring (bicyclic) bond motifs is 2. The summed E-state index contributed by atoms with van der Waals surface area (Å²) < 4.78 is 11.3. The fourth-order valence-electron chi connectivity index (χ4n) is 4.52.